The molecule has 0 radical (unpaired) electrons. The number of halogens is 1. The van der Waals surface area contributed by atoms with Crippen molar-refractivity contribution in [2.45, 2.75) is 6.92 Å². The van der Waals surface area contributed by atoms with E-state index < -0.39 is 0 Å². The minimum atomic E-state index is -0.383. The van der Waals surface area contributed by atoms with Crippen molar-refractivity contribution in [3.63, 3.8) is 0 Å². The van der Waals surface area contributed by atoms with E-state index in [-0.39, 0.29) is 5.91 Å². The number of nitrogens with two attached hydrogens (primary N) is 1. The van der Waals surface area contributed by atoms with Gasteiger partial charge in [-0.25, -0.2) is 4.98 Å². The molecule has 2 heterocycles. The van der Waals surface area contributed by atoms with Crippen LogP contribution in [0, 0.1) is 6.92 Å². The number of ether oxygens (including phenoxy) is 3. The summed E-state index contributed by atoms with van der Waals surface area (Å²) in [6.45, 7) is 2.04. The summed E-state index contributed by atoms with van der Waals surface area (Å²) in [5, 5.41) is 4.04. The van der Waals surface area contributed by atoms with E-state index in [9.17, 15) is 4.79 Å². The van der Waals surface area contributed by atoms with Gasteiger partial charge < -0.3 is 25.3 Å². The van der Waals surface area contributed by atoms with Gasteiger partial charge in [0.2, 0.25) is 0 Å². The van der Waals surface area contributed by atoms with Crippen molar-refractivity contribution < 1.29 is 19.0 Å². The van der Waals surface area contributed by atoms with Crippen molar-refractivity contribution in [2.24, 2.45) is 0 Å². The Bertz CT molecular complexity index is 1700. The van der Waals surface area contributed by atoms with E-state index in [1.165, 1.54) is 18.4 Å². The van der Waals surface area contributed by atoms with Crippen molar-refractivity contribution in [1.82, 2.24) is 4.98 Å². The lowest BCUT2D eigenvalue weighted by Crippen LogP contribution is -2.12. The third kappa shape index (κ3) is 5.08. The minimum Gasteiger partial charge on any atom is -0.495 e. The molecule has 1 amide bonds. The molecule has 7 nitrogen and oxygen atoms in total. The Hall–Kier alpha value is -4.27. The molecule has 39 heavy (non-hydrogen) atoms. The largest absolute Gasteiger partial charge is 0.495 e. The molecule has 0 aliphatic rings. The highest BCUT2D eigenvalue weighted by Crippen LogP contribution is 2.43. The van der Waals surface area contributed by atoms with E-state index in [2.05, 4.69) is 5.32 Å². The van der Waals surface area contributed by atoms with Crippen molar-refractivity contribution in [3.05, 3.63) is 82.2 Å². The quantitative estimate of drug-likeness (QED) is 0.215. The monoisotopic (exact) mass is 559 g/mol. The van der Waals surface area contributed by atoms with Crippen LogP contribution < -0.4 is 25.3 Å². The number of nitrogen functional groups attached to an aromatic ring is 1. The minimum absolute atomic E-state index is 0.334. The maximum Gasteiger partial charge on any atom is 0.268 e. The lowest BCUT2D eigenvalue weighted by Gasteiger charge is -2.12. The fourth-order valence-corrected chi connectivity index (χ4v) is 5.54. The number of pyridine rings is 1. The first-order valence-electron chi connectivity index (χ1n) is 12.0. The van der Waals surface area contributed by atoms with Crippen LogP contribution in [0.4, 0.5) is 11.4 Å². The van der Waals surface area contributed by atoms with Gasteiger partial charge in [0.05, 0.1) is 38.4 Å². The molecular weight excluding hydrogens is 534 g/mol. The van der Waals surface area contributed by atoms with Gasteiger partial charge in [-0.1, -0.05) is 47.5 Å². The van der Waals surface area contributed by atoms with Crippen LogP contribution in [-0.4, -0.2) is 32.2 Å². The van der Waals surface area contributed by atoms with Gasteiger partial charge in [-0.2, -0.15) is 0 Å². The standard InChI is InChI=1S/C30H26ClN3O4S/c1-16-5-7-17(8-6-16)21-15-20(18-9-11-24(37-3)25(13-18)38-4)26-27(32)28(39-30(26)34-21)29(35)33-22-14-19(31)10-12-23(22)36-2/h5-15H,32H2,1-4H3,(H,33,35). The number of aromatic nitrogens is 1. The number of aryl methyl sites for hydroxylation is 1. The molecule has 9 heteroatoms. The molecular formula is C30H26ClN3O4S. The number of methoxy groups -OCH3 is 3. The number of fused-ring (bicyclic) bond motifs is 1. The Morgan fingerprint density at radius 3 is 2.23 bits per heavy atom. The van der Waals surface area contributed by atoms with Crippen LogP contribution in [0.3, 0.4) is 0 Å². The number of thiophene rings is 1. The molecule has 0 unspecified atom stereocenters. The molecule has 5 aromatic rings. The van der Waals surface area contributed by atoms with Crippen LogP contribution in [0.25, 0.3) is 32.6 Å². The zero-order chi connectivity index (χ0) is 27.7. The van der Waals surface area contributed by atoms with E-state index in [0.29, 0.717) is 48.7 Å². The van der Waals surface area contributed by atoms with Crippen LogP contribution >= 0.6 is 22.9 Å². The maximum absolute atomic E-state index is 13.5. The van der Waals surface area contributed by atoms with E-state index in [4.69, 9.17) is 36.5 Å². The van der Waals surface area contributed by atoms with E-state index in [1.54, 1.807) is 32.4 Å². The SMILES string of the molecule is COc1ccc(Cl)cc1NC(=O)c1sc2nc(-c3ccc(C)cc3)cc(-c3ccc(OC)c(OC)c3)c2c1N. The third-order valence-electron chi connectivity index (χ3n) is 6.36. The zero-order valence-corrected chi connectivity index (χ0v) is 23.4. The van der Waals surface area contributed by atoms with Crippen LogP contribution in [0.2, 0.25) is 5.02 Å². The first-order valence-corrected chi connectivity index (χ1v) is 13.2. The van der Waals surface area contributed by atoms with Crippen LogP contribution in [0.5, 0.6) is 17.2 Å². The normalized spacial score (nSPS) is 10.9. The lowest BCUT2D eigenvalue weighted by atomic mass is 9.98. The van der Waals surface area contributed by atoms with E-state index >= 15 is 0 Å². The molecule has 2 aromatic heterocycles. The molecule has 5 rings (SSSR count). The average Bonchev–Trinajstić information content (AvgIpc) is 3.29. The summed E-state index contributed by atoms with van der Waals surface area (Å²) in [5.74, 6) is 1.29. The van der Waals surface area contributed by atoms with Gasteiger partial charge in [0.25, 0.3) is 5.91 Å². The number of amides is 1. The van der Waals surface area contributed by atoms with Crippen LogP contribution in [0.15, 0.2) is 66.7 Å². The molecule has 0 aliphatic carbocycles. The summed E-state index contributed by atoms with van der Waals surface area (Å²) in [6, 6.07) is 20.8. The molecule has 0 aliphatic heterocycles. The second kappa shape index (κ2) is 10.8. The predicted molar refractivity (Wildman–Crippen MR) is 159 cm³/mol. The topological polar surface area (TPSA) is 95.7 Å². The lowest BCUT2D eigenvalue weighted by molar-refractivity contribution is 0.103. The summed E-state index contributed by atoms with van der Waals surface area (Å²) in [5.41, 5.74) is 12.0. The molecule has 0 spiro atoms. The number of rotatable bonds is 7. The maximum atomic E-state index is 13.5. The highest BCUT2D eigenvalue weighted by Gasteiger charge is 2.23. The number of carbonyl (C=O) groups is 1. The first kappa shape index (κ1) is 26.3. The van der Waals surface area contributed by atoms with Gasteiger partial charge in [-0.05, 0) is 54.4 Å². The van der Waals surface area contributed by atoms with Crippen molar-refractivity contribution in [2.75, 3.05) is 32.4 Å². The highest BCUT2D eigenvalue weighted by atomic mass is 35.5. The number of hydrogen-bond donors (Lipinski definition) is 2. The molecule has 0 fully saturated rings. The highest BCUT2D eigenvalue weighted by molar-refractivity contribution is 7.21. The number of benzene rings is 3. The van der Waals surface area contributed by atoms with Crippen LogP contribution in [0.1, 0.15) is 15.2 Å². The van der Waals surface area contributed by atoms with Gasteiger partial charge in [0, 0.05) is 16.0 Å². The summed E-state index contributed by atoms with van der Waals surface area (Å²) in [7, 11) is 4.71. The number of carbonyl (C=O) groups excluding carboxylic acids is 1. The van der Waals surface area contributed by atoms with Crippen LogP contribution in [-0.2, 0) is 0 Å². The number of hydrogen-bond acceptors (Lipinski definition) is 7. The summed E-state index contributed by atoms with van der Waals surface area (Å²) < 4.78 is 16.4. The van der Waals surface area contributed by atoms with Crippen molar-refractivity contribution >= 4 is 50.4 Å². The number of nitrogens with zero attached hydrogens (tertiary/aromatic N) is 1. The zero-order valence-electron chi connectivity index (χ0n) is 21.8. The Labute approximate surface area is 235 Å². The smallest absolute Gasteiger partial charge is 0.268 e. The fourth-order valence-electron chi connectivity index (χ4n) is 4.35. The van der Waals surface area contributed by atoms with Gasteiger partial charge in [0.15, 0.2) is 11.5 Å². The molecule has 198 valence electrons. The number of nitrogens with one attached hydrogen (secondary N) is 1. The van der Waals surface area contributed by atoms with Crippen molar-refractivity contribution in [1.29, 1.82) is 0 Å². The predicted octanol–water partition coefficient (Wildman–Crippen LogP) is 7.45. The summed E-state index contributed by atoms with van der Waals surface area (Å²) in [6.07, 6.45) is 0. The van der Waals surface area contributed by atoms with Gasteiger partial charge in [-0.3, -0.25) is 4.79 Å². The molecule has 0 bridgehead atoms. The Morgan fingerprint density at radius 1 is 0.872 bits per heavy atom. The average molecular weight is 560 g/mol. The molecule has 3 N–H and O–H groups in total. The molecule has 3 aromatic carbocycles. The Kier molecular flexibility index (Phi) is 7.32. The Morgan fingerprint density at radius 2 is 1.54 bits per heavy atom. The summed E-state index contributed by atoms with van der Waals surface area (Å²) in [4.78, 5) is 19.4. The molecule has 0 saturated heterocycles. The third-order valence-corrected chi connectivity index (χ3v) is 7.69. The second-order valence-electron chi connectivity index (χ2n) is 8.81. The van der Waals surface area contributed by atoms with E-state index in [1.807, 2.05) is 55.5 Å². The Balaban J connectivity index is 1.69. The van der Waals surface area contributed by atoms with Crippen molar-refractivity contribution in [3.8, 4) is 39.6 Å². The first-order chi connectivity index (χ1) is 18.8. The van der Waals surface area contributed by atoms with Gasteiger partial charge >= 0.3 is 0 Å². The number of anilines is 2. The molecule has 0 saturated carbocycles. The van der Waals surface area contributed by atoms with Gasteiger partial charge in [0.1, 0.15) is 15.5 Å². The fraction of sp³-hybridized carbons (Fsp3) is 0.133. The second-order valence-corrected chi connectivity index (χ2v) is 10.3. The van der Waals surface area contributed by atoms with E-state index in [0.717, 1.165) is 27.9 Å². The van der Waals surface area contributed by atoms with Gasteiger partial charge in [-0.15, -0.1) is 11.3 Å². The molecule has 0 atom stereocenters. The summed E-state index contributed by atoms with van der Waals surface area (Å²) >= 11 is 7.39.